The van der Waals surface area contributed by atoms with Crippen LogP contribution in [0.2, 0.25) is 0 Å². The fourth-order valence-electron chi connectivity index (χ4n) is 6.05. The van der Waals surface area contributed by atoms with Gasteiger partial charge in [-0.25, -0.2) is 4.79 Å². The first-order chi connectivity index (χ1) is 15.5. The van der Waals surface area contributed by atoms with E-state index in [1.807, 2.05) is 0 Å². The molecule has 0 radical (unpaired) electrons. The number of hydrogen-bond acceptors (Lipinski definition) is 4. The van der Waals surface area contributed by atoms with Crippen molar-refractivity contribution in [3.63, 3.8) is 0 Å². The molecule has 1 saturated heterocycles. The molecule has 2 bridgehead atoms. The lowest BCUT2D eigenvalue weighted by Gasteiger charge is -2.56. The van der Waals surface area contributed by atoms with E-state index in [9.17, 15) is 4.79 Å². The molecule has 3 atom stereocenters. The number of piperidine rings is 1. The van der Waals surface area contributed by atoms with Crippen molar-refractivity contribution in [2.75, 3.05) is 26.8 Å². The maximum Gasteiger partial charge on any atom is 0.335 e. The second kappa shape index (κ2) is 8.43. The lowest BCUT2D eigenvalue weighted by Crippen LogP contribution is -2.59. The quantitative estimate of drug-likeness (QED) is 0.647. The Morgan fingerprint density at radius 1 is 1.16 bits per heavy atom. The maximum absolute atomic E-state index is 11.1. The largest absolute Gasteiger partial charge is 0.497 e. The first-order valence-electron chi connectivity index (χ1n) is 11.9. The van der Waals surface area contributed by atoms with Gasteiger partial charge < -0.3 is 14.6 Å². The van der Waals surface area contributed by atoms with Crippen molar-refractivity contribution in [1.29, 1.82) is 0 Å². The minimum Gasteiger partial charge on any atom is -0.497 e. The molecule has 5 rings (SSSR count). The Balaban J connectivity index is 1.38. The van der Waals surface area contributed by atoms with Gasteiger partial charge in [0.15, 0.2) is 0 Å². The van der Waals surface area contributed by atoms with E-state index in [4.69, 9.17) is 14.6 Å². The Hall–Kier alpha value is -2.53. The molecular formula is C27H33NO4. The van der Waals surface area contributed by atoms with Crippen molar-refractivity contribution >= 4 is 5.97 Å². The standard InChI is InChI=1S/C27H33NO4/c1-18-25-15-21-7-10-23(31-2)16-24(21)27(18,11-13-28(25)17-19-3-4-19)12-14-32-22-8-5-20(6-9-22)26(29)30/h5-10,16,18-19,25H,3-4,11-15,17H2,1-2H3,(H,29,30)/t18-,25+,27?/m0/s1. The molecule has 1 N–H and O–H groups in total. The lowest BCUT2D eigenvalue weighted by molar-refractivity contribution is 0.00988. The third-order valence-corrected chi connectivity index (χ3v) is 8.15. The number of likely N-dealkylation sites (tertiary alicyclic amines) is 1. The summed E-state index contributed by atoms with van der Waals surface area (Å²) in [6.45, 7) is 5.45. The van der Waals surface area contributed by atoms with Gasteiger partial charge in [-0.1, -0.05) is 13.0 Å². The number of carbonyl (C=O) groups is 1. The number of carboxylic acids is 1. The van der Waals surface area contributed by atoms with Crippen LogP contribution in [0.3, 0.4) is 0 Å². The number of aromatic carboxylic acids is 1. The molecule has 3 aliphatic rings. The minimum absolute atomic E-state index is 0.0772. The SMILES string of the molecule is COc1ccc2c(c1)C1(CCOc3ccc(C(=O)O)cc3)CCN(CC3CC3)[C@H](C2)[C@@H]1C. The van der Waals surface area contributed by atoms with Crippen LogP contribution in [0, 0.1) is 11.8 Å². The zero-order valence-electron chi connectivity index (χ0n) is 19.0. The van der Waals surface area contributed by atoms with E-state index in [0.717, 1.165) is 43.2 Å². The van der Waals surface area contributed by atoms with E-state index < -0.39 is 5.97 Å². The smallest absolute Gasteiger partial charge is 0.335 e. The zero-order chi connectivity index (χ0) is 22.3. The molecule has 1 heterocycles. The number of benzene rings is 2. The Labute approximate surface area is 190 Å². The Morgan fingerprint density at radius 2 is 1.91 bits per heavy atom. The molecule has 170 valence electrons. The summed E-state index contributed by atoms with van der Waals surface area (Å²) in [5, 5.41) is 9.11. The van der Waals surface area contributed by atoms with Crippen LogP contribution in [0.5, 0.6) is 11.5 Å². The van der Waals surface area contributed by atoms with E-state index >= 15 is 0 Å². The molecule has 2 aromatic rings. The van der Waals surface area contributed by atoms with Gasteiger partial charge in [0.25, 0.3) is 0 Å². The Morgan fingerprint density at radius 3 is 2.59 bits per heavy atom. The molecule has 0 aromatic heterocycles. The van der Waals surface area contributed by atoms with E-state index in [0.29, 0.717) is 18.6 Å². The van der Waals surface area contributed by atoms with Gasteiger partial charge in [-0.05, 0) is 98.0 Å². The maximum atomic E-state index is 11.1. The number of rotatable bonds is 8. The summed E-state index contributed by atoms with van der Waals surface area (Å²) in [5.41, 5.74) is 3.26. The summed E-state index contributed by atoms with van der Waals surface area (Å²) >= 11 is 0. The van der Waals surface area contributed by atoms with Crippen molar-refractivity contribution in [1.82, 2.24) is 4.90 Å². The first-order valence-corrected chi connectivity index (χ1v) is 11.9. The summed E-state index contributed by atoms with van der Waals surface area (Å²) in [6, 6.07) is 13.9. The van der Waals surface area contributed by atoms with Crippen molar-refractivity contribution in [3.05, 3.63) is 59.2 Å². The molecule has 1 unspecified atom stereocenters. The number of ether oxygens (including phenoxy) is 2. The topological polar surface area (TPSA) is 59.0 Å². The van der Waals surface area contributed by atoms with Gasteiger partial charge in [0, 0.05) is 18.0 Å². The molecule has 2 aliphatic carbocycles. The highest BCUT2D eigenvalue weighted by molar-refractivity contribution is 5.87. The molecule has 0 amide bonds. The fourth-order valence-corrected chi connectivity index (χ4v) is 6.05. The third kappa shape index (κ3) is 3.88. The average molecular weight is 436 g/mol. The first kappa shape index (κ1) is 21.3. The fraction of sp³-hybridized carbons (Fsp3) is 0.519. The van der Waals surface area contributed by atoms with Crippen LogP contribution in [0.15, 0.2) is 42.5 Å². The number of fused-ring (bicyclic) bond motifs is 4. The number of carboxylic acid groups (broad SMARTS) is 1. The summed E-state index contributed by atoms with van der Waals surface area (Å²) in [4.78, 5) is 13.9. The Kier molecular flexibility index (Phi) is 5.62. The predicted molar refractivity (Wildman–Crippen MR) is 124 cm³/mol. The summed E-state index contributed by atoms with van der Waals surface area (Å²) in [7, 11) is 1.74. The molecule has 5 heteroatoms. The van der Waals surface area contributed by atoms with E-state index in [-0.39, 0.29) is 11.0 Å². The van der Waals surface area contributed by atoms with Crippen LogP contribution in [0.4, 0.5) is 0 Å². The van der Waals surface area contributed by atoms with Crippen molar-refractivity contribution in [3.8, 4) is 11.5 Å². The summed E-state index contributed by atoms with van der Waals surface area (Å²) in [5.74, 6) is 2.19. The predicted octanol–water partition coefficient (Wildman–Crippen LogP) is 4.78. The number of methoxy groups -OCH3 is 1. The third-order valence-electron chi connectivity index (χ3n) is 8.15. The molecule has 32 heavy (non-hydrogen) atoms. The lowest BCUT2D eigenvalue weighted by atomic mass is 9.56. The number of hydrogen-bond donors (Lipinski definition) is 1. The van der Waals surface area contributed by atoms with Crippen LogP contribution in [0.25, 0.3) is 0 Å². The van der Waals surface area contributed by atoms with E-state index in [2.05, 4.69) is 30.0 Å². The van der Waals surface area contributed by atoms with Gasteiger partial charge in [-0.15, -0.1) is 0 Å². The summed E-state index contributed by atoms with van der Waals surface area (Å²) in [6.07, 6.45) is 5.99. The van der Waals surface area contributed by atoms with E-state index in [1.165, 1.54) is 30.5 Å². The van der Waals surface area contributed by atoms with Crippen molar-refractivity contribution in [2.45, 2.75) is 50.5 Å². The molecule has 1 aliphatic heterocycles. The van der Waals surface area contributed by atoms with Gasteiger partial charge in [-0.3, -0.25) is 4.90 Å². The van der Waals surface area contributed by atoms with Gasteiger partial charge in [0.1, 0.15) is 11.5 Å². The molecule has 2 aromatic carbocycles. The number of nitrogens with zero attached hydrogens (tertiary/aromatic N) is 1. The van der Waals surface area contributed by atoms with Crippen LogP contribution < -0.4 is 9.47 Å². The highest BCUT2D eigenvalue weighted by Gasteiger charge is 2.51. The van der Waals surface area contributed by atoms with E-state index in [1.54, 1.807) is 31.4 Å². The highest BCUT2D eigenvalue weighted by Crippen LogP contribution is 2.52. The van der Waals surface area contributed by atoms with Crippen LogP contribution >= 0.6 is 0 Å². The van der Waals surface area contributed by atoms with Crippen LogP contribution in [-0.4, -0.2) is 48.8 Å². The monoisotopic (exact) mass is 435 g/mol. The molecule has 2 fully saturated rings. The second-order valence-corrected chi connectivity index (χ2v) is 9.86. The molecule has 1 saturated carbocycles. The minimum atomic E-state index is -0.916. The molecular weight excluding hydrogens is 402 g/mol. The van der Waals surface area contributed by atoms with Crippen LogP contribution in [-0.2, 0) is 11.8 Å². The Bertz CT molecular complexity index is 984. The molecule has 0 spiro atoms. The zero-order valence-corrected chi connectivity index (χ0v) is 19.0. The van der Waals surface area contributed by atoms with Gasteiger partial charge in [0.2, 0.25) is 0 Å². The average Bonchev–Trinajstić information content (AvgIpc) is 3.61. The van der Waals surface area contributed by atoms with Gasteiger partial charge in [0.05, 0.1) is 19.3 Å². The van der Waals surface area contributed by atoms with Gasteiger partial charge in [-0.2, -0.15) is 0 Å². The second-order valence-electron chi connectivity index (χ2n) is 9.86. The van der Waals surface area contributed by atoms with Crippen molar-refractivity contribution in [2.24, 2.45) is 11.8 Å². The summed E-state index contributed by atoms with van der Waals surface area (Å²) < 4.78 is 11.7. The van der Waals surface area contributed by atoms with Crippen molar-refractivity contribution < 1.29 is 19.4 Å². The highest BCUT2D eigenvalue weighted by atomic mass is 16.5. The molecule has 5 nitrogen and oxygen atoms in total. The van der Waals surface area contributed by atoms with Crippen LogP contribution in [0.1, 0.15) is 54.1 Å². The normalized spacial score (nSPS) is 26.9. The van der Waals surface area contributed by atoms with Gasteiger partial charge >= 0.3 is 5.97 Å².